The van der Waals surface area contributed by atoms with E-state index in [4.69, 9.17) is 16.7 Å². The summed E-state index contributed by atoms with van der Waals surface area (Å²) in [7, 11) is 0. The maximum atomic E-state index is 13.0. The Hall–Kier alpha value is -1.98. The van der Waals surface area contributed by atoms with Crippen LogP contribution in [-0.2, 0) is 0 Å². The third kappa shape index (κ3) is 2.26. The lowest BCUT2D eigenvalue weighted by Crippen LogP contribution is -1.94. The van der Waals surface area contributed by atoms with Crippen LogP contribution in [-0.4, -0.2) is 16.1 Å². The number of rotatable bonds is 2. The summed E-state index contributed by atoms with van der Waals surface area (Å²) in [6.45, 7) is 0. The molecule has 1 heterocycles. The number of carboxylic acid groups (broad SMARTS) is 1. The largest absolute Gasteiger partial charge is 0.478 e. The number of hydrogen-bond donors (Lipinski definition) is 1. The lowest BCUT2D eigenvalue weighted by atomic mass is 10.2. The molecule has 0 aliphatic heterocycles. The quantitative estimate of drug-likeness (QED) is 0.760. The molecule has 0 fully saturated rings. The van der Waals surface area contributed by atoms with Gasteiger partial charge in [0.2, 0.25) is 0 Å². The fourth-order valence-electron chi connectivity index (χ4n) is 1.84. The maximum Gasteiger partial charge on any atom is 0.335 e. The molecule has 0 amide bonds. The van der Waals surface area contributed by atoms with Gasteiger partial charge in [0.1, 0.15) is 10.8 Å². The van der Waals surface area contributed by atoms with Crippen molar-refractivity contribution < 1.29 is 14.3 Å². The van der Waals surface area contributed by atoms with Crippen LogP contribution in [0, 0.1) is 5.82 Å². The van der Waals surface area contributed by atoms with Gasteiger partial charge in [-0.3, -0.25) is 0 Å². The van der Waals surface area contributed by atoms with Gasteiger partial charge in [-0.2, -0.15) is 0 Å². The van der Waals surface area contributed by atoms with Crippen molar-refractivity contribution in [1.29, 1.82) is 0 Å². The van der Waals surface area contributed by atoms with Gasteiger partial charge >= 0.3 is 5.97 Å². The lowest BCUT2D eigenvalue weighted by Gasteiger charge is -1.99. The van der Waals surface area contributed by atoms with E-state index in [0.29, 0.717) is 16.1 Å². The highest BCUT2D eigenvalue weighted by Gasteiger charge is 2.12. The van der Waals surface area contributed by atoms with Gasteiger partial charge in [0.25, 0.3) is 0 Å². The smallest absolute Gasteiger partial charge is 0.335 e. The van der Waals surface area contributed by atoms with Crippen molar-refractivity contribution in [2.45, 2.75) is 0 Å². The first-order valence-electron chi connectivity index (χ1n) is 5.64. The van der Waals surface area contributed by atoms with Crippen molar-refractivity contribution >= 4 is 39.1 Å². The van der Waals surface area contributed by atoms with Crippen LogP contribution in [0.1, 0.15) is 10.4 Å². The molecule has 0 radical (unpaired) electrons. The van der Waals surface area contributed by atoms with Crippen LogP contribution in [0.15, 0.2) is 36.4 Å². The Morgan fingerprint density at radius 2 is 2.05 bits per heavy atom. The second-order valence-corrected chi connectivity index (χ2v) is 5.57. The molecule has 3 aromatic rings. The molecule has 1 aromatic heterocycles. The summed E-state index contributed by atoms with van der Waals surface area (Å²) in [4.78, 5) is 15.3. The monoisotopic (exact) mass is 307 g/mol. The van der Waals surface area contributed by atoms with E-state index in [1.165, 1.54) is 29.5 Å². The van der Waals surface area contributed by atoms with Crippen molar-refractivity contribution in [1.82, 2.24) is 4.98 Å². The number of halogens is 2. The van der Waals surface area contributed by atoms with Crippen molar-refractivity contribution in [2.24, 2.45) is 0 Å². The molecule has 0 bridgehead atoms. The van der Waals surface area contributed by atoms with E-state index in [1.54, 1.807) is 18.2 Å². The zero-order valence-corrected chi connectivity index (χ0v) is 11.5. The highest BCUT2D eigenvalue weighted by atomic mass is 35.5. The fraction of sp³-hybridized carbons (Fsp3) is 0. The van der Waals surface area contributed by atoms with E-state index in [9.17, 15) is 9.18 Å². The predicted molar refractivity (Wildman–Crippen MR) is 77.0 cm³/mol. The average molecular weight is 308 g/mol. The molecule has 0 saturated carbocycles. The molecule has 3 nitrogen and oxygen atoms in total. The zero-order chi connectivity index (χ0) is 14.3. The number of aromatic carboxylic acids is 1. The summed E-state index contributed by atoms with van der Waals surface area (Å²) < 4.78 is 13.8. The van der Waals surface area contributed by atoms with E-state index < -0.39 is 11.8 Å². The second-order valence-electron chi connectivity index (χ2n) is 4.13. The van der Waals surface area contributed by atoms with Crippen molar-refractivity contribution in [3.63, 3.8) is 0 Å². The number of aromatic nitrogens is 1. The molecule has 100 valence electrons. The maximum absolute atomic E-state index is 13.0. The Labute approximate surface area is 122 Å². The van der Waals surface area contributed by atoms with E-state index in [2.05, 4.69) is 4.98 Å². The van der Waals surface area contributed by atoms with Gasteiger partial charge in [-0.05, 0) is 36.4 Å². The first-order chi connectivity index (χ1) is 9.54. The van der Waals surface area contributed by atoms with Crippen LogP contribution in [0.25, 0.3) is 20.8 Å². The minimum Gasteiger partial charge on any atom is -0.478 e. The van der Waals surface area contributed by atoms with Crippen LogP contribution in [0.3, 0.4) is 0 Å². The number of nitrogens with zero attached hydrogens (tertiary/aromatic N) is 1. The van der Waals surface area contributed by atoms with Gasteiger partial charge in [-0.25, -0.2) is 14.2 Å². The van der Waals surface area contributed by atoms with Crippen LogP contribution in [0.4, 0.5) is 4.39 Å². The Morgan fingerprint density at radius 1 is 1.25 bits per heavy atom. The van der Waals surface area contributed by atoms with E-state index in [-0.39, 0.29) is 10.6 Å². The molecule has 1 N–H and O–H groups in total. The molecule has 0 aliphatic rings. The number of fused-ring (bicyclic) bond motifs is 1. The van der Waals surface area contributed by atoms with E-state index in [1.807, 2.05) is 0 Å². The van der Waals surface area contributed by atoms with Crippen molar-refractivity contribution in [3.05, 3.63) is 52.8 Å². The summed E-state index contributed by atoms with van der Waals surface area (Å²) >= 11 is 7.33. The Kier molecular flexibility index (Phi) is 3.16. The number of carboxylic acids is 1. The molecule has 0 atom stereocenters. The molecular weight excluding hydrogens is 301 g/mol. The summed E-state index contributed by atoms with van der Waals surface area (Å²) in [6.07, 6.45) is 0. The summed E-state index contributed by atoms with van der Waals surface area (Å²) in [5, 5.41) is 9.88. The van der Waals surface area contributed by atoms with Crippen molar-refractivity contribution in [2.75, 3.05) is 0 Å². The van der Waals surface area contributed by atoms with Gasteiger partial charge in [0.15, 0.2) is 0 Å². The highest BCUT2D eigenvalue weighted by Crippen LogP contribution is 2.34. The molecule has 0 spiro atoms. The number of hydrogen-bond acceptors (Lipinski definition) is 3. The van der Waals surface area contributed by atoms with Crippen LogP contribution in [0.5, 0.6) is 0 Å². The molecule has 0 unspecified atom stereocenters. The normalized spacial score (nSPS) is 10.9. The molecule has 0 saturated heterocycles. The Bertz CT molecular complexity index is 831. The van der Waals surface area contributed by atoms with Crippen LogP contribution < -0.4 is 0 Å². The van der Waals surface area contributed by atoms with Gasteiger partial charge in [0.05, 0.1) is 20.8 Å². The predicted octanol–water partition coefficient (Wildman–Crippen LogP) is 4.45. The SMILES string of the molecule is O=C(O)c1ccc2nc(-c3ccc(F)cc3Cl)sc2c1. The summed E-state index contributed by atoms with van der Waals surface area (Å²) in [5.41, 5.74) is 1.53. The summed E-state index contributed by atoms with van der Waals surface area (Å²) in [6, 6.07) is 8.82. The Morgan fingerprint density at radius 3 is 2.75 bits per heavy atom. The van der Waals surface area contributed by atoms with Gasteiger partial charge < -0.3 is 5.11 Å². The van der Waals surface area contributed by atoms with Crippen LogP contribution in [0.2, 0.25) is 5.02 Å². The first kappa shape index (κ1) is 13.0. The third-order valence-electron chi connectivity index (χ3n) is 2.80. The minimum absolute atomic E-state index is 0.206. The van der Waals surface area contributed by atoms with Crippen molar-refractivity contribution in [3.8, 4) is 10.6 Å². The fourth-order valence-corrected chi connectivity index (χ4v) is 3.19. The molecule has 3 rings (SSSR count). The highest BCUT2D eigenvalue weighted by molar-refractivity contribution is 7.21. The summed E-state index contributed by atoms with van der Waals surface area (Å²) in [5.74, 6) is -1.39. The number of benzene rings is 2. The van der Waals surface area contributed by atoms with Crippen LogP contribution >= 0.6 is 22.9 Å². The molecule has 20 heavy (non-hydrogen) atoms. The number of carbonyl (C=O) groups is 1. The third-order valence-corrected chi connectivity index (χ3v) is 4.16. The van der Waals surface area contributed by atoms with E-state index in [0.717, 1.165) is 4.70 Å². The first-order valence-corrected chi connectivity index (χ1v) is 6.83. The van der Waals surface area contributed by atoms with Gasteiger partial charge in [-0.15, -0.1) is 11.3 Å². The second kappa shape index (κ2) is 4.85. The molecule has 6 heteroatoms. The number of thiazole rings is 1. The van der Waals surface area contributed by atoms with Gasteiger partial charge in [-0.1, -0.05) is 11.6 Å². The topological polar surface area (TPSA) is 50.2 Å². The van der Waals surface area contributed by atoms with Gasteiger partial charge in [0, 0.05) is 5.56 Å². The molecule has 2 aromatic carbocycles. The molecular formula is C14H7ClFNO2S. The minimum atomic E-state index is -0.985. The lowest BCUT2D eigenvalue weighted by molar-refractivity contribution is 0.0697. The zero-order valence-electron chi connectivity index (χ0n) is 9.93. The van der Waals surface area contributed by atoms with E-state index >= 15 is 0 Å². The molecule has 0 aliphatic carbocycles. The Balaban J connectivity index is 2.15. The standard InChI is InChI=1S/C14H7ClFNO2S/c15-10-6-8(16)2-3-9(10)13-17-11-4-1-7(14(18)19)5-12(11)20-13/h1-6H,(H,18,19). The average Bonchev–Trinajstić information content (AvgIpc) is 2.80.